The third-order valence-corrected chi connectivity index (χ3v) is 5.15. The Bertz CT molecular complexity index is 759. The van der Waals surface area contributed by atoms with E-state index in [1.165, 1.54) is 12.0 Å². The van der Waals surface area contributed by atoms with Crippen LogP contribution >= 0.6 is 0 Å². The van der Waals surface area contributed by atoms with Crippen LogP contribution in [-0.4, -0.2) is 30.6 Å². The minimum absolute atomic E-state index is 0.125. The van der Waals surface area contributed by atoms with Gasteiger partial charge in [-0.25, -0.2) is 9.69 Å². The monoisotopic (exact) mass is 307 g/mol. The van der Waals surface area contributed by atoms with Crippen molar-refractivity contribution < 1.29 is 14.3 Å². The minimum Gasteiger partial charge on any atom is -0.452 e. The van der Waals surface area contributed by atoms with Crippen LogP contribution in [0.4, 0.5) is 4.79 Å². The van der Waals surface area contributed by atoms with Gasteiger partial charge >= 0.3 is 6.09 Å². The molecule has 1 heterocycles. The third kappa shape index (κ3) is 1.84. The smallest absolute Gasteiger partial charge is 0.416 e. The molecule has 23 heavy (non-hydrogen) atoms. The molecule has 2 aliphatic rings. The van der Waals surface area contributed by atoms with E-state index in [1.54, 1.807) is 0 Å². The molecule has 2 aromatic rings. The molecule has 0 unspecified atom stereocenters. The quantitative estimate of drug-likeness (QED) is 0.857. The van der Waals surface area contributed by atoms with Gasteiger partial charge in [-0.05, 0) is 11.1 Å². The highest BCUT2D eigenvalue weighted by atomic mass is 16.5. The van der Waals surface area contributed by atoms with E-state index >= 15 is 0 Å². The van der Waals surface area contributed by atoms with E-state index < -0.39 is 6.09 Å². The lowest BCUT2D eigenvalue weighted by molar-refractivity contribution is -0.128. The lowest BCUT2D eigenvalue weighted by Gasteiger charge is -2.22. The minimum atomic E-state index is -0.565. The Hall–Kier alpha value is -2.62. The summed E-state index contributed by atoms with van der Waals surface area (Å²) in [6.07, 6.45) is -0.565. The van der Waals surface area contributed by atoms with Crippen LogP contribution in [0.15, 0.2) is 60.7 Å². The number of likely N-dealkylation sites (tertiary alicyclic amines) is 1. The molecule has 2 aromatic carbocycles. The predicted octanol–water partition coefficient (Wildman–Crippen LogP) is 2.95. The first-order valence-corrected chi connectivity index (χ1v) is 7.70. The Morgan fingerprint density at radius 1 is 1.04 bits per heavy atom. The summed E-state index contributed by atoms with van der Waals surface area (Å²) in [6.45, 7) is 0.382. The zero-order valence-corrected chi connectivity index (χ0v) is 12.8. The largest absolute Gasteiger partial charge is 0.452 e. The summed E-state index contributed by atoms with van der Waals surface area (Å²) >= 11 is 0. The van der Waals surface area contributed by atoms with Gasteiger partial charge in [0.2, 0.25) is 5.91 Å². The Labute approximate surface area is 134 Å². The highest BCUT2D eigenvalue weighted by molar-refractivity contribution is 6.01. The number of carbonyl (C=O) groups is 2. The molecule has 1 saturated heterocycles. The Morgan fingerprint density at radius 2 is 1.65 bits per heavy atom. The number of hydrogen-bond acceptors (Lipinski definition) is 3. The molecular weight excluding hydrogens is 290 g/mol. The van der Waals surface area contributed by atoms with Crippen molar-refractivity contribution in [1.29, 1.82) is 0 Å². The molecule has 0 aromatic heterocycles. The summed E-state index contributed by atoms with van der Waals surface area (Å²) in [5.41, 5.74) is 1.94. The Kier molecular flexibility index (Phi) is 3.01. The van der Waals surface area contributed by atoms with Gasteiger partial charge in [-0.3, -0.25) is 4.79 Å². The van der Waals surface area contributed by atoms with Crippen LogP contribution in [0.3, 0.4) is 0 Å². The second kappa shape index (κ2) is 4.95. The van der Waals surface area contributed by atoms with Crippen LogP contribution in [0.1, 0.15) is 17.0 Å². The van der Waals surface area contributed by atoms with Crippen molar-refractivity contribution in [3.05, 3.63) is 71.8 Å². The third-order valence-electron chi connectivity index (χ3n) is 5.15. The second-order valence-corrected chi connectivity index (χ2v) is 6.17. The van der Waals surface area contributed by atoms with E-state index in [0.29, 0.717) is 6.54 Å². The number of piperidine rings is 1. The SMILES string of the molecule is COC(=O)N1C[C@]2(c3ccccc3)[C@H](C1=O)[C@@H]2c1ccccc1. The summed E-state index contributed by atoms with van der Waals surface area (Å²) in [6, 6.07) is 20.1. The first kappa shape index (κ1) is 14.0. The number of amides is 2. The van der Waals surface area contributed by atoms with Gasteiger partial charge in [0.05, 0.1) is 13.0 Å². The normalized spacial score (nSPS) is 28.4. The van der Waals surface area contributed by atoms with Crippen molar-refractivity contribution >= 4 is 12.0 Å². The van der Waals surface area contributed by atoms with E-state index in [9.17, 15) is 9.59 Å². The summed E-state index contributed by atoms with van der Waals surface area (Å²) in [4.78, 5) is 25.9. The number of methoxy groups -OCH3 is 1. The zero-order valence-electron chi connectivity index (χ0n) is 12.8. The number of ether oxygens (including phenoxy) is 1. The van der Waals surface area contributed by atoms with E-state index in [0.717, 1.165) is 11.1 Å². The summed E-state index contributed by atoms with van der Waals surface area (Å²) in [5, 5.41) is 0. The number of nitrogens with zero attached hydrogens (tertiary/aromatic N) is 1. The first-order valence-electron chi connectivity index (χ1n) is 7.70. The van der Waals surface area contributed by atoms with Crippen molar-refractivity contribution in [2.45, 2.75) is 11.3 Å². The van der Waals surface area contributed by atoms with Crippen LogP contribution in [-0.2, 0) is 14.9 Å². The fourth-order valence-electron chi connectivity index (χ4n) is 4.12. The Balaban J connectivity index is 1.78. The van der Waals surface area contributed by atoms with Gasteiger partial charge in [0.1, 0.15) is 0 Å². The maximum atomic E-state index is 12.7. The van der Waals surface area contributed by atoms with Crippen LogP contribution < -0.4 is 0 Å². The first-order chi connectivity index (χ1) is 11.2. The maximum Gasteiger partial charge on any atom is 0.416 e. The molecule has 0 N–H and O–H groups in total. The molecule has 2 amide bonds. The lowest BCUT2D eigenvalue weighted by atomic mass is 9.90. The van der Waals surface area contributed by atoms with Gasteiger partial charge in [-0.2, -0.15) is 0 Å². The van der Waals surface area contributed by atoms with Gasteiger partial charge < -0.3 is 4.74 Å². The topological polar surface area (TPSA) is 46.6 Å². The molecule has 4 nitrogen and oxygen atoms in total. The molecular formula is C19H17NO3. The van der Waals surface area contributed by atoms with Gasteiger partial charge in [-0.15, -0.1) is 0 Å². The summed E-state index contributed by atoms with van der Waals surface area (Å²) in [7, 11) is 1.31. The molecule has 0 radical (unpaired) electrons. The number of imide groups is 1. The molecule has 4 rings (SSSR count). The van der Waals surface area contributed by atoms with Gasteiger partial charge in [0.15, 0.2) is 0 Å². The van der Waals surface area contributed by atoms with Crippen LogP contribution in [0.5, 0.6) is 0 Å². The average molecular weight is 307 g/mol. The molecule has 1 aliphatic heterocycles. The fourth-order valence-corrected chi connectivity index (χ4v) is 4.12. The Morgan fingerprint density at radius 3 is 2.26 bits per heavy atom. The molecule has 116 valence electrons. The molecule has 3 atom stereocenters. The molecule has 1 aliphatic carbocycles. The highest BCUT2D eigenvalue weighted by Gasteiger charge is 2.75. The summed E-state index contributed by atoms with van der Waals surface area (Å²) < 4.78 is 4.76. The highest BCUT2D eigenvalue weighted by Crippen LogP contribution is 2.69. The van der Waals surface area contributed by atoms with E-state index in [-0.39, 0.29) is 23.2 Å². The standard InChI is InChI=1S/C19H17NO3/c1-23-18(22)20-12-19(14-10-6-3-7-11-14)15(16(19)17(20)21)13-8-4-2-5-9-13/h2-11,15-16H,12H2,1H3/t15-,16-,19+/m0/s1. The van der Waals surface area contributed by atoms with E-state index in [4.69, 9.17) is 4.74 Å². The van der Waals surface area contributed by atoms with E-state index in [2.05, 4.69) is 12.1 Å². The van der Waals surface area contributed by atoms with Crippen LogP contribution in [0, 0.1) is 5.92 Å². The van der Waals surface area contributed by atoms with Gasteiger partial charge in [-0.1, -0.05) is 60.7 Å². The van der Waals surface area contributed by atoms with E-state index in [1.807, 2.05) is 48.5 Å². The number of benzene rings is 2. The fraction of sp³-hybridized carbons (Fsp3) is 0.263. The van der Waals surface area contributed by atoms with Gasteiger partial charge in [0, 0.05) is 17.9 Å². The molecule has 0 bridgehead atoms. The van der Waals surface area contributed by atoms with Crippen molar-refractivity contribution in [2.24, 2.45) is 5.92 Å². The average Bonchev–Trinajstić information content (AvgIpc) is 3.20. The lowest BCUT2D eigenvalue weighted by Crippen LogP contribution is -2.37. The predicted molar refractivity (Wildman–Crippen MR) is 84.9 cm³/mol. The van der Waals surface area contributed by atoms with Crippen molar-refractivity contribution in [3.63, 3.8) is 0 Å². The van der Waals surface area contributed by atoms with Crippen LogP contribution in [0.2, 0.25) is 0 Å². The number of carbonyl (C=O) groups excluding carboxylic acids is 2. The number of rotatable bonds is 2. The van der Waals surface area contributed by atoms with Gasteiger partial charge in [0.25, 0.3) is 0 Å². The molecule has 2 fully saturated rings. The molecule has 1 saturated carbocycles. The number of hydrogen-bond donors (Lipinski definition) is 0. The zero-order chi connectivity index (χ0) is 16.0. The van der Waals surface area contributed by atoms with Crippen molar-refractivity contribution in [2.75, 3.05) is 13.7 Å². The molecule has 4 heteroatoms. The van der Waals surface area contributed by atoms with Crippen molar-refractivity contribution in [1.82, 2.24) is 4.90 Å². The van der Waals surface area contributed by atoms with Crippen LogP contribution in [0.25, 0.3) is 0 Å². The molecule has 0 spiro atoms. The second-order valence-electron chi connectivity index (χ2n) is 6.17. The number of fused-ring (bicyclic) bond motifs is 1. The summed E-state index contributed by atoms with van der Waals surface area (Å²) in [5.74, 6) is -0.194. The maximum absolute atomic E-state index is 12.7. The van der Waals surface area contributed by atoms with Crippen molar-refractivity contribution in [3.8, 4) is 0 Å².